The van der Waals surface area contributed by atoms with E-state index >= 15 is 0 Å². The Morgan fingerprint density at radius 1 is 1.33 bits per heavy atom. The lowest BCUT2D eigenvalue weighted by atomic mass is 9.97. The molecule has 0 aliphatic carbocycles. The Hall–Kier alpha value is -3.26. The molecule has 2 aromatic heterocycles. The molecule has 8 nitrogen and oxygen atoms in total. The van der Waals surface area contributed by atoms with Crippen LogP contribution in [0.5, 0.6) is 11.5 Å². The summed E-state index contributed by atoms with van der Waals surface area (Å²) in [6, 6.07) is 8.23. The van der Waals surface area contributed by atoms with Crippen LogP contribution in [-0.4, -0.2) is 53.5 Å². The van der Waals surface area contributed by atoms with Crippen LogP contribution in [0, 0.1) is 0 Å². The average molecular weight is 369 g/mol. The highest BCUT2D eigenvalue weighted by molar-refractivity contribution is 6.00. The number of phenolic OH excluding ortho intramolecular Hbond substituents is 1. The maximum absolute atomic E-state index is 13.0. The van der Waals surface area contributed by atoms with Crippen LogP contribution in [0.4, 0.5) is 0 Å². The average Bonchev–Trinajstić information content (AvgIpc) is 3.39. The van der Waals surface area contributed by atoms with Crippen LogP contribution in [-0.2, 0) is 4.74 Å². The number of ether oxygens (including phenoxy) is 2. The molecule has 3 aromatic rings. The van der Waals surface area contributed by atoms with E-state index in [0.717, 1.165) is 11.1 Å². The van der Waals surface area contributed by atoms with Gasteiger partial charge in [0.05, 0.1) is 26.0 Å². The fraction of sp³-hybridized carbons (Fsp3) is 0.263. The van der Waals surface area contributed by atoms with Crippen molar-refractivity contribution < 1.29 is 23.8 Å². The summed E-state index contributed by atoms with van der Waals surface area (Å²) in [5.41, 5.74) is 2.54. The van der Waals surface area contributed by atoms with Gasteiger partial charge >= 0.3 is 0 Å². The molecule has 140 valence electrons. The number of aromatic amines is 1. The van der Waals surface area contributed by atoms with Gasteiger partial charge in [-0.3, -0.25) is 9.89 Å². The second-order valence-electron chi connectivity index (χ2n) is 6.16. The molecule has 1 amide bonds. The van der Waals surface area contributed by atoms with Crippen LogP contribution < -0.4 is 4.74 Å². The quantitative estimate of drug-likeness (QED) is 0.693. The van der Waals surface area contributed by atoms with E-state index in [9.17, 15) is 9.90 Å². The minimum Gasteiger partial charge on any atom is -0.504 e. The molecule has 0 radical (unpaired) electrons. The van der Waals surface area contributed by atoms with Crippen molar-refractivity contribution in [2.75, 3.05) is 27.4 Å². The Morgan fingerprint density at radius 2 is 2.19 bits per heavy atom. The van der Waals surface area contributed by atoms with Crippen molar-refractivity contribution in [3.8, 4) is 23.0 Å². The van der Waals surface area contributed by atoms with Crippen LogP contribution in [0.3, 0.4) is 0 Å². The third-order valence-corrected chi connectivity index (χ3v) is 4.68. The van der Waals surface area contributed by atoms with Gasteiger partial charge in [0.25, 0.3) is 5.91 Å². The largest absolute Gasteiger partial charge is 0.504 e. The summed E-state index contributed by atoms with van der Waals surface area (Å²) in [5, 5.41) is 17.1. The number of nitrogens with one attached hydrogen (secondary N) is 1. The predicted molar refractivity (Wildman–Crippen MR) is 95.7 cm³/mol. The number of carbonyl (C=O) groups is 1. The zero-order valence-electron chi connectivity index (χ0n) is 14.9. The van der Waals surface area contributed by atoms with Gasteiger partial charge in [0.1, 0.15) is 5.69 Å². The summed E-state index contributed by atoms with van der Waals surface area (Å²) in [5.74, 6) is 0.782. The van der Waals surface area contributed by atoms with Gasteiger partial charge in [-0.05, 0) is 29.8 Å². The zero-order valence-corrected chi connectivity index (χ0v) is 14.9. The maximum Gasteiger partial charge on any atom is 0.275 e. The maximum atomic E-state index is 13.0. The molecule has 0 spiro atoms. The van der Waals surface area contributed by atoms with Gasteiger partial charge in [0, 0.05) is 19.2 Å². The van der Waals surface area contributed by atoms with Crippen LogP contribution >= 0.6 is 0 Å². The number of H-pyrrole nitrogens is 1. The molecule has 3 heterocycles. The van der Waals surface area contributed by atoms with E-state index in [1.54, 1.807) is 42.5 Å². The molecule has 0 saturated carbocycles. The van der Waals surface area contributed by atoms with Crippen LogP contribution in [0.2, 0.25) is 0 Å². The number of fused-ring (bicyclic) bond motifs is 1. The summed E-state index contributed by atoms with van der Waals surface area (Å²) in [7, 11) is 3.07. The standard InChI is InChI=1S/C19H19N3O5/c1-25-9-7-22-18(11-5-6-12(23)14(10-11)26-2)15-16(13-4-3-8-27-13)20-21-17(15)19(22)24/h3-6,8,10,18,23H,7,9H2,1-2H3,(H,20,21). The van der Waals surface area contributed by atoms with Crippen molar-refractivity contribution in [3.63, 3.8) is 0 Å². The van der Waals surface area contributed by atoms with Gasteiger partial charge in [0.2, 0.25) is 0 Å². The Bertz CT molecular complexity index is 964. The molecular formula is C19H19N3O5. The third-order valence-electron chi connectivity index (χ3n) is 4.68. The number of amides is 1. The number of nitrogens with zero attached hydrogens (tertiary/aromatic N) is 2. The highest BCUT2D eigenvalue weighted by Crippen LogP contribution is 2.44. The number of hydrogen-bond acceptors (Lipinski definition) is 6. The van der Waals surface area contributed by atoms with Gasteiger partial charge in [0.15, 0.2) is 23.0 Å². The zero-order chi connectivity index (χ0) is 19.0. The number of aromatic nitrogens is 2. The molecule has 8 heteroatoms. The van der Waals surface area contributed by atoms with E-state index in [2.05, 4.69) is 10.2 Å². The number of carbonyl (C=O) groups excluding carboxylic acids is 1. The van der Waals surface area contributed by atoms with E-state index in [-0.39, 0.29) is 11.7 Å². The molecule has 1 atom stereocenters. The van der Waals surface area contributed by atoms with Crippen molar-refractivity contribution >= 4 is 5.91 Å². The molecule has 27 heavy (non-hydrogen) atoms. The van der Waals surface area contributed by atoms with Crippen LogP contribution in [0.1, 0.15) is 27.7 Å². The monoisotopic (exact) mass is 369 g/mol. The molecule has 4 rings (SSSR count). The first-order valence-electron chi connectivity index (χ1n) is 8.44. The molecule has 1 aromatic carbocycles. The van der Waals surface area contributed by atoms with E-state index in [1.807, 2.05) is 6.07 Å². The van der Waals surface area contributed by atoms with Crippen molar-refractivity contribution in [3.05, 3.63) is 53.4 Å². The number of furan rings is 1. The predicted octanol–water partition coefficient (Wildman–Crippen LogP) is 2.58. The molecule has 0 bridgehead atoms. The SMILES string of the molecule is COCCN1C(=O)c2n[nH]c(-c3ccco3)c2C1c1ccc(O)c(OC)c1. The summed E-state index contributed by atoms with van der Waals surface area (Å²) >= 11 is 0. The second kappa shape index (κ2) is 6.81. The number of benzene rings is 1. The van der Waals surface area contributed by atoms with Gasteiger partial charge in [-0.1, -0.05) is 6.07 Å². The summed E-state index contributed by atoms with van der Waals surface area (Å²) in [6.45, 7) is 0.790. The Morgan fingerprint density at radius 3 is 2.89 bits per heavy atom. The van der Waals surface area contributed by atoms with Crippen molar-refractivity contribution in [2.45, 2.75) is 6.04 Å². The summed E-state index contributed by atoms with van der Waals surface area (Å²) in [4.78, 5) is 14.7. The second-order valence-corrected chi connectivity index (χ2v) is 6.16. The van der Waals surface area contributed by atoms with Crippen LogP contribution in [0.25, 0.3) is 11.5 Å². The lowest BCUT2D eigenvalue weighted by Gasteiger charge is -2.26. The molecule has 0 saturated heterocycles. The van der Waals surface area contributed by atoms with Gasteiger partial charge in [-0.15, -0.1) is 0 Å². The van der Waals surface area contributed by atoms with E-state index in [1.165, 1.54) is 7.11 Å². The minimum absolute atomic E-state index is 0.0349. The third kappa shape index (κ3) is 2.74. The normalized spacial score (nSPS) is 16.0. The smallest absolute Gasteiger partial charge is 0.275 e. The number of phenols is 1. The molecule has 2 N–H and O–H groups in total. The fourth-order valence-corrected chi connectivity index (χ4v) is 3.43. The van der Waals surface area contributed by atoms with Crippen molar-refractivity contribution in [1.29, 1.82) is 0 Å². The van der Waals surface area contributed by atoms with Crippen molar-refractivity contribution in [1.82, 2.24) is 15.1 Å². The number of hydrogen-bond donors (Lipinski definition) is 2. The van der Waals surface area contributed by atoms with Gasteiger partial charge in [-0.2, -0.15) is 5.10 Å². The number of aromatic hydroxyl groups is 1. The molecule has 1 unspecified atom stereocenters. The summed E-state index contributed by atoms with van der Waals surface area (Å²) < 4.78 is 15.9. The van der Waals surface area contributed by atoms with E-state index in [0.29, 0.717) is 36.0 Å². The Labute approximate surface area is 155 Å². The lowest BCUT2D eigenvalue weighted by Crippen LogP contribution is -2.32. The fourth-order valence-electron chi connectivity index (χ4n) is 3.43. The van der Waals surface area contributed by atoms with E-state index in [4.69, 9.17) is 13.9 Å². The molecular weight excluding hydrogens is 350 g/mol. The number of rotatable bonds is 6. The van der Waals surface area contributed by atoms with Gasteiger partial charge in [-0.25, -0.2) is 0 Å². The molecule has 1 aliphatic rings. The van der Waals surface area contributed by atoms with Crippen molar-refractivity contribution in [2.24, 2.45) is 0 Å². The lowest BCUT2D eigenvalue weighted by molar-refractivity contribution is 0.0677. The highest BCUT2D eigenvalue weighted by atomic mass is 16.5. The first-order valence-corrected chi connectivity index (χ1v) is 8.44. The minimum atomic E-state index is -0.406. The van der Waals surface area contributed by atoms with E-state index < -0.39 is 6.04 Å². The molecule has 0 fully saturated rings. The highest BCUT2D eigenvalue weighted by Gasteiger charge is 2.42. The first-order chi connectivity index (χ1) is 13.2. The summed E-state index contributed by atoms with van der Waals surface area (Å²) in [6.07, 6.45) is 1.57. The van der Waals surface area contributed by atoms with Crippen LogP contribution in [0.15, 0.2) is 41.0 Å². The first kappa shape index (κ1) is 17.2. The Balaban J connectivity index is 1.87. The topological polar surface area (TPSA) is 101 Å². The Kier molecular flexibility index (Phi) is 4.33. The van der Waals surface area contributed by atoms with Gasteiger partial charge < -0.3 is 23.9 Å². The number of methoxy groups -OCH3 is 2. The molecule has 1 aliphatic heterocycles.